The molecule has 178 valence electrons. The Hall–Kier alpha value is -3.82. The molecule has 5 rings (SSSR count). The lowest BCUT2D eigenvalue weighted by Gasteiger charge is -2.11. The molecule has 3 heterocycles. The van der Waals surface area contributed by atoms with Crippen LogP contribution in [0.1, 0.15) is 32.7 Å². The zero-order valence-corrected chi connectivity index (χ0v) is 19.8. The summed E-state index contributed by atoms with van der Waals surface area (Å²) in [5.41, 5.74) is 3.04. The molecule has 0 atom stereocenters. The Morgan fingerprint density at radius 3 is 2.46 bits per heavy atom. The van der Waals surface area contributed by atoms with Gasteiger partial charge in [0, 0.05) is 23.1 Å². The van der Waals surface area contributed by atoms with E-state index in [4.69, 9.17) is 21.1 Å². The normalized spacial score (nSPS) is 12.1. The summed E-state index contributed by atoms with van der Waals surface area (Å²) >= 11 is 7.96. The Bertz CT molecular complexity index is 1430. The first-order valence-electron chi connectivity index (χ1n) is 10.6. The number of thiophene rings is 1. The van der Waals surface area contributed by atoms with E-state index in [9.17, 15) is 19.8 Å². The number of aliphatic carboxylic acids is 1. The molecule has 1 aliphatic rings. The van der Waals surface area contributed by atoms with E-state index in [0.717, 1.165) is 4.88 Å². The van der Waals surface area contributed by atoms with E-state index in [1.807, 2.05) is 17.5 Å². The van der Waals surface area contributed by atoms with E-state index >= 15 is 0 Å². The van der Waals surface area contributed by atoms with E-state index in [1.165, 1.54) is 16.0 Å². The zero-order chi connectivity index (χ0) is 24.5. The average molecular weight is 511 g/mol. The van der Waals surface area contributed by atoms with Crippen LogP contribution in [0.2, 0.25) is 5.02 Å². The minimum atomic E-state index is -1.14. The number of ether oxygens (including phenoxy) is 2. The van der Waals surface area contributed by atoms with Gasteiger partial charge in [-0.25, -0.2) is 4.79 Å². The molecule has 0 bridgehead atoms. The van der Waals surface area contributed by atoms with Crippen LogP contribution in [-0.2, 0) is 24.2 Å². The quantitative estimate of drug-likeness (QED) is 0.344. The summed E-state index contributed by atoms with van der Waals surface area (Å²) in [7, 11) is 0. The zero-order valence-electron chi connectivity index (χ0n) is 18.2. The second-order valence-corrected chi connectivity index (χ2v) is 9.28. The van der Waals surface area contributed by atoms with Crippen molar-refractivity contribution in [2.75, 3.05) is 6.79 Å². The topological polar surface area (TPSA) is 111 Å². The maximum absolute atomic E-state index is 12.5. The van der Waals surface area contributed by atoms with Crippen molar-refractivity contribution in [1.82, 2.24) is 9.78 Å². The summed E-state index contributed by atoms with van der Waals surface area (Å²) in [6.07, 6.45) is 0.0401. The minimum absolute atomic E-state index is 0.0206. The molecule has 0 saturated carbocycles. The van der Waals surface area contributed by atoms with E-state index in [0.29, 0.717) is 44.5 Å². The van der Waals surface area contributed by atoms with Crippen LogP contribution >= 0.6 is 22.9 Å². The number of fused-ring (bicyclic) bond motifs is 1. The van der Waals surface area contributed by atoms with Gasteiger partial charge in [-0.15, -0.1) is 11.3 Å². The molecule has 0 aliphatic carbocycles. The minimum Gasteiger partial charge on any atom is -0.481 e. The van der Waals surface area contributed by atoms with Gasteiger partial charge in [-0.05, 0) is 34.2 Å². The molecule has 2 aromatic heterocycles. The number of aromatic nitrogens is 2. The number of carbonyl (C=O) groups is 2. The highest BCUT2D eigenvalue weighted by Crippen LogP contribution is 2.39. The van der Waals surface area contributed by atoms with Crippen molar-refractivity contribution in [2.45, 2.75) is 19.4 Å². The lowest BCUT2D eigenvalue weighted by molar-refractivity contribution is -0.136. The fraction of sp³-hybridized carbons (Fsp3) is 0.160. The van der Waals surface area contributed by atoms with Crippen molar-refractivity contribution < 1.29 is 29.3 Å². The Morgan fingerprint density at radius 2 is 1.77 bits per heavy atom. The molecule has 8 nitrogen and oxygen atoms in total. The maximum Gasteiger partial charge on any atom is 0.354 e. The molecule has 4 aromatic rings. The van der Waals surface area contributed by atoms with E-state index in [1.54, 1.807) is 36.4 Å². The van der Waals surface area contributed by atoms with Gasteiger partial charge in [0.2, 0.25) is 6.79 Å². The van der Waals surface area contributed by atoms with Crippen LogP contribution in [0.4, 0.5) is 0 Å². The van der Waals surface area contributed by atoms with Gasteiger partial charge in [-0.2, -0.15) is 5.10 Å². The average Bonchev–Trinajstić information content (AvgIpc) is 3.55. The van der Waals surface area contributed by atoms with Crippen molar-refractivity contribution in [1.29, 1.82) is 0 Å². The van der Waals surface area contributed by atoms with E-state index in [2.05, 4.69) is 5.10 Å². The van der Waals surface area contributed by atoms with Crippen LogP contribution in [0, 0.1) is 0 Å². The molecule has 2 aromatic carbocycles. The smallest absolute Gasteiger partial charge is 0.354 e. The highest BCUT2D eigenvalue weighted by Gasteiger charge is 2.27. The summed E-state index contributed by atoms with van der Waals surface area (Å²) in [5, 5.41) is 26.5. The molecule has 0 fully saturated rings. The van der Waals surface area contributed by atoms with Crippen LogP contribution in [0.15, 0.2) is 53.9 Å². The predicted octanol–water partition coefficient (Wildman–Crippen LogP) is 4.96. The van der Waals surface area contributed by atoms with Crippen LogP contribution in [0.25, 0.3) is 10.6 Å². The standard InChI is InChI=1S/C25H19ClN2O6S/c26-18-11-20-19(33-13-34-20)9-16(18)8-17-23(21-6-3-7-35-21)27-28(24(17)25(31)32)12-15-5-2-1-4-14(15)10-22(29)30/h1-7,9,11H,8,10,12-13H2,(H,29,30)(H,31,32). The van der Waals surface area contributed by atoms with Gasteiger partial charge in [-0.3, -0.25) is 9.48 Å². The predicted molar refractivity (Wildman–Crippen MR) is 130 cm³/mol. The van der Waals surface area contributed by atoms with Crippen LogP contribution < -0.4 is 9.47 Å². The van der Waals surface area contributed by atoms with Crippen LogP contribution in [0.3, 0.4) is 0 Å². The van der Waals surface area contributed by atoms with Crippen LogP contribution in [-0.4, -0.2) is 38.7 Å². The first kappa shape index (κ1) is 22.9. The number of rotatable bonds is 8. The van der Waals surface area contributed by atoms with Gasteiger partial charge < -0.3 is 19.7 Å². The van der Waals surface area contributed by atoms with Crippen molar-refractivity contribution in [2.24, 2.45) is 0 Å². The summed E-state index contributed by atoms with van der Waals surface area (Å²) in [6.45, 7) is 0.210. The molecule has 2 N–H and O–H groups in total. The monoisotopic (exact) mass is 510 g/mol. The number of nitrogens with zero attached hydrogens (tertiary/aromatic N) is 2. The Labute approximate surface area is 208 Å². The maximum atomic E-state index is 12.5. The Kier molecular flexibility index (Phi) is 6.19. The first-order valence-corrected chi connectivity index (χ1v) is 11.9. The molecular formula is C25H19ClN2O6S. The lowest BCUT2D eigenvalue weighted by Crippen LogP contribution is -2.14. The largest absolute Gasteiger partial charge is 0.481 e. The third-order valence-corrected chi connectivity index (χ3v) is 6.93. The first-order chi connectivity index (χ1) is 16.9. The van der Waals surface area contributed by atoms with Crippen molar-refractivity contribution in [3.05, 3.63) is 86.9 Å². The molecule has 10 heteroatoms. The molecule has 1 aliphatic heterocycles. The summed E-state index contributed by atoms with van der Waals surface area (Å²) in [6, 6.07) is 14.2. The van der Waals surface area contributed by atoms with Gasteiger partial charge in [0.15, 0.2) is 17.2 Å². The molecule has 0 spiro atoms. The molecule has 0 unspecified atom stereocenters. The van der Waals surface area contributed by atoms with Gasteiger partial charge in [0.05, 0.1) is 17.8 Å². The fourth-order valence-corrected chi connectivity index (χ4v) is 5.08. The van der Waals surface area contributed by atoms with Gasteiger partial charge in [0.1, 0.15) is 5.69 Å². The van der Waals surface area contributed by atoms with Crippen molar-refractivity contribution >= 4 is 34.9 Å². The fourth-order valence-electron chi connectivity index (χ4n) is 4.13. The number of benzene rings is 2. The second-order valence-electron chi connectivity index (χ2n) is 7.93. The number of aromatic carboxylic acids is 1. The molecule has 0 amide bonds. The molecule has 35 heavy (non-hydrogen) atoms. The number of carboxylic acids is 2. The van der Waals surface area contributed by atoms with E-state index < -0.39 is 11.9 Å². The second kappa shape index (κ2) is 9.44. The number of carboxylic acid groups (broad SMARTS) is 2. The number of hydrogen-bond donors (Lipinski definition) is 2. The lowest BCUT2D eigenvalue weighted by atomic mass is 10.0. The van der Waals surface area contributed by atoms with Gasteiger partial charge in [0.25, 0.3) is 0 Å². The van der Waals surface area contributed by atoms with Crippen molar-refractivity contribution in [3.8, 4) is 22.1 Å². The molecule has 0 saturated heterocycles. The molecular weight excluding hydrogens is 492 g/mol. The number of hydrogen-bond acceptors (Lipinski definition) is 6. The SMILES string of the molecule is O=C(O)Cc1ccccc1Cn1nc(-c2cccs2)c(Cc2cc3c(cc2Cl)OCO3)c1C(=O)O. The third-order valence-electron chi connectivity index (χ3n) is 5.70. The highest BCUT2D eigenvalue weighted by atomic mass is 35.5. The van der Waals surface area contributed by atoms with Gasteiger partial charge in [-0.1, -0.05) is 41.9 Å². The Morgan fingerprint density at radius 1 is 1.03 bits per heavy atom. The van der Waals surface area contributed by atoms with Crippen molar-refractivity contribution in [3.63, 3.8) is 0 Å². The summed E-state index contributed by atoms with van der Waals surface area (Å²) < 4.78 is 12.3. The van der Waals surface area contributed by atoms with E-state index in [-0.39, 0.29) is 31.9 Å². The van der Waals surface area contributed by atoms with Crippen LogP contribution in [0.5, 0.6) is 11.5 Å². The summed E-state index contributed by atoms with van der Waals surface area (Å²) in [4.78, 5) is 24.7. The highest BCUT2D eigenvalue weighted by molar-refractivity contribution is 7.13. The Balaban J connectivity index is 1.62. The summed E-state index contributed by atoms with van der Waals surface area (Å²) in [5.74, 6) is -1.01. The number of halogens is 1. The molecule has 0 radical (unpaired) electrons. The third kappa shape index (κ3) is 4.60. The van der Waals surface area contributed by atoms with Gasteiger partial charge >= 0.3 is 11.9 Å².